The molecule has 0 fully saturated rings. The third-order valence-electron chi connectivity index (χ3n) is 5.19. The molecule has 0 atom stereocenters. The van der Waals surface area contributed by atoms with Crippen LogP contribution in [0.3, 0.4) is 0 Å². The Morgan fingerprint density at radius 1 is 1.00 bits per heavy atom. The van der Waals surface area contributed by atoms with E-state index in [4.69, 9.17) is 4.42 Å². The molecule has 160 valence electrons. The molecule has 0 unspecified atom stereocenters. The number of benzene rings is 2. The predicted molar refractivity (Wildman–Crippen MR) is 111 cm³/mol. The van der Waals surface area contributed by atoms with Gasteiger partial charge in [0.15, 0.2) is 11.6 Å². The second kappa shape index (κ2) is 9.07. The lowest BCUT2D eigenvalue weighted by Crippen LogP contribution is -2.23. The summed E-state index contributed by atoms with van der Waals surface area (Å²) in [6.45, 7) is 1.40. The molecular formula is C23H22F2N4O2. The largest absolute Gasteiger partial charge is 0.425 e. The zero-order valence-corrected chi connectivity index (χ0v) is 17.0. The molecule has 2 aromatic carbocycles. The average molecular weight is 424 g/mol. The molecule has 0 aliphatic heterocycles. The minimum absolute atomic E-state index is 0.0818. The summed E-state index contributed by atoms with van der Waals surface area (Å²) in [7, 11) is 0. The molecule has 2 N–H and O–H groups in total. The molecule has 6 nitrogen and oxygen atoms in total. The van der Waals surface area contributed by atoms with Gasteiger partial charge in [-0.05, 0) is 30.5 Å². The highest BCUT2D eigenvalue weighted by molar-refractivity contribution is 5.83. The molecule has 0 saturated carbocycles. The van der Waals surface area contributed by atoms with Crippen molar-refractivity contribution in [1.29, 1.82) is 0 Å². The normalized spacial score (nSPS) is 11.2. The summed E-state index contributed by atoms with van der Waals surface area (Å²) in [5, 5.41) is 11.8. The fourth-order valence-corrected chi connectivity index (χ4v) is 3.40. The van der Waals surface area contributed by atoms with Crippen molar-refractivity contribution in [2.24, 2.45) is 0 Å². The number of H-pyrrole nitrogens is 1. The van der Waals surface area contributed by atoms with Crippen molar-refractivity contribution in [2.45, 2.75) is 39.2 Å². The van der Waals surface area contributed by atoms with E-state index in [0.29, 0.717) is 18.2 Å². The van der Waals surface area contributed by atoms with Crippen molar-refractivity contribution in [3.8, 4) is 0 Å². The second-order valence-electron chi connectivity index (χ2n) is 7.40. The van der Waals surface area contributed by atoms with Gasteiger partial charge >= 0.3 is 0 Å². The number of para-hydroxylation sites is 1. The number of nitrogens with one attached hydrogen (secondary N) is 2. The van der Waals surface area contributed by atoms with Crippen LogP contribution in [-0.4, -0.2) is 21.1 Å². The maximum absolute atomic E-state index is 13.9. The van der Waals surface area contributed by atoms with Gasteiger partial charge in [0, 0.05) is 48.5 Å². The zero-order valence-electron chi connectivity index (χ0n) is 17.0. The Bertz CT molecular complexity index is 1220. The number of hydrogen-bond acceptors (Lipinski definition) is 4. The molecule has 0 aliphatic rings. The summed E-state index contributed by atoms with van der Waals surface area (Å²) < 4.78 is 33.1. The third kappa shape index (κ3) is 4.79. The van der Waals surface area contributed by atoms with Crippen LogP contribution < -0.4 is 5.32 Å². The smallest absolute Gasteiger partial charge is 0.220 e. The molecular weight excluding hydrogens is 402 g/mol. The van der Waals surface area contributed by atoms with Gasteiger partial charge in [-0.1, -0.05) is 30.3 Å². The Balaban J connectivity index is 1.25. The molecule has 0 spiro atoms. The van der Waals surface area contributed by atoms with Crippen LogP contribution in [0.25, 0.3) is 10.9 Å². The molecule has 2 aromatic heterocycles. The maximum atomic E-state index is 13.9. The number of halogens is 2. The summed E-state index contributed by atoms with van der Waals surface area (Å²) in [6, 6.07) is 11.0. The first kappa shape index (κ1) is 20.7. The molecule has 2 heterocycles. The molecule has 8 heteroatoms. The van der Waals surface area contributed by atoms with E-state index in [1.807, 2.05) is 24.4 Å². The number of amides is 1. The van der Waals surface area contributed by atoms with Crippen LogP contribution in [0.4, 0.5) is 8.78 Å². The maximum Gasteiger partial charge on any atom is 0.220 e. The summed E-state index contributed by atoms with van der Waals surface area (Å²) in [5.74, 6) is -1.25. The number of aromatic nitrogens is 3. The molecule has 31 heavy (non-hydrogen) atoms. The Morgan fingerprint density at radius 3 is 2.61 bits per heavy atom. The van der Waals surface area contributed by atoms with Crippen molar-refractivity contribution in [1.82, 2.24) is 20.5 Å². The van der Waals surface area contributed by atoms with Gasteiger partial charge in [-0.15, -0.1) is 10.2 Å². The highest BCUT2D eigenvalue weighted by atomic mass is 19.2. The lowest BCUT2D eigenvalue weighted by atomic mass is 10.1. The Morgan fingerprint density at radius 2 is 1.77 bits per heavy atom. The number of fused-ring (bicyclic) bond motifs is 1. The van der Waals surface area contributed by atoms with E-state index >= 15 is 0 Å². The van der Waals surface area contributed by atoms with Crippen LogP contribution in [0, 0.1) is 18.6 Å². The first-order chi connectivity index (χ1) is 15.0. The van der Waals surface area contributed by atoms with Gasteiger partial charge in [-0.25, -0.2) is 8.78 Å². The number of aryl methyl sites for hydroxylation is 4. The van der Waals surface area contributed by atoms with Gasteiger partial charge in [-0.3, -0.25) is 4.79 Å². The van der Waals surface area contributed by atoms with E-state index < -0.39 is 11.6 Å². The van der Waals surface area contributed by atoms with E-state index in [-0.39, 0.29) is 36.4 Å². The second-order valence-corrected chi connectivity index (χ2v) is 7.40. The van der Waals surface area contributed by atoms with Crippen LogP contribution in [0.15, 0.2) is 47.0 Å². The van der Waals surface area contributed by atoms with Gasteiger partial charge in [-0.2, -0.15) is 0 Å². The predicted octanol–water partition coefficient (Wildman–Crippen LogP) is 4.17. The number of carbonyl (C=O) groups excluding carboxylic acids is 1. The van der Waals surface area contributed by atoms with Crippen molar-refractivity contribution in [3.05, 3.63) is 82.7 Å². The molecule has 0 radical (unpaired) electrons. The first-order valence-corrected chi connectivity index (χ1v) is 10.1. The minimum atomic E-state index is -0.933. The standard InChI is InChI=1S/C23H22F2N4O2/c1-14-6-7-16(23(25)22(14)24)13-27-19(30)9-11-21-29-28-20(31-21)10-8-15-12-26-18-5-3-2-4-17(15)18/h2-7,12,26H,8-11,13H2,1H3,(H,27,30). The van der Waals surface area contributed by atoms with Crippen LogP contribution in [-0.2, 0) is 30.6 Å². The van der Waals surface area contributed by atoms with E-state index in [2.05, 4.69) is 26.6 Å². The van der Waals surface area contributed by atoms with E-state index in [1.165, 1.54) is 30.0 Å². The Labute approximate surface area is 177 Å². The molecule has 0 aliphatic carbocycles. The topological polar surface area (TPSA) is 83.8 Å². The van der Waals surface area contributed by atoms with Gasteiger partial charge in [0.2, 0.25) is 17.7 Å². The lowest BCUT2D eigenvalue weighted by Gasteiger charge is -2.07. The average Bonchev–Trinajstić information content (AvgIpc) is 3.41. The summed E-state index contributed by atoms with van der Waals surface area (Å²) in [6.07, 6.45) is 3.72. The van der Waals surface area contributed by atoms with Crippen LogP contribution in [0.5, 0.6) is 0 Å². The van der Waals surface area contributed by atoms with Crippen molar-refractivity contribution >= 4 is 16.8 Å². The number of rotatable bonds is 8. The highest BCUT2D eigenvalue weighted by Gasteiger charge is 2.13. The molecule has 0 bridgehead atoms. The lowest BCUT2D eigenvalue weighted by molar-refractivity contribution is -0.121. The molecule has 0 saturated heterocycles. The van der Waals surface area contributed by atoms with Gasteiger partial charge in [0.05, 0.1) is 0 Å². The Hall–Kier alpha value is -3.55. The van der Waals surface area contributed by atoms with Crippen LogP contribution in [0.2, 0.25) is 0 Å². The van der Waals surface area contributed by atoms with Gasteiger partial charge in [0.25, 0.3) is 0 Å². The minimum Gasteiger partial charge on any atom is -0.425 e. The van der Waals surface area contributed by atoms with Crippen molar-refractivity contribution in [2.75, 3.05) is 0 Å². The monoisotopic (exact) mass is 424 g/mol. The fourth-order valence-electron chi connectivity index (χ4n) is 3.40. The van der Waals surface area contributed by atoms with Crippen molar-refractivity contribution < 1.29 is 18.0 Å². The zero-order chi connectivity index (χ0) is 21.8. The first-order valence-electron chi connectivity index (χ1n) is 10.1. The summed E-state index contributed by atoms with van der Waals surface area (Å²) >= 11 is 0. The number of hydrogen-bond donors (Lipinski definition) is 2. The van der Waals surface area contributed by atoms with E-state index in [1.54, 1.807) is 0 Å². The van der Waals surface area contributed by atoms with Gasteiger partial charge < -0.3 is 14.7 Å². The molecule has 4 aromatic rings. The Kier molecular flexibility index (Phi) is 6.06. The number of aromatic amines is 1. The summed E-state index contributed by atoms with van der Waals surface area (Å²) in [4.78, 5) is 15.3. The van der Waals surface area contributed by atoms with E-state index in [0.717, 1.165) is 11.9 Å². The fraction of sp³-hybridized carbons (Fsp3) is 0.261. The third-order valence-corrected chi connectivity index (χ3v) is 5.19. The van der Waals surface area contributed by atoms with Gasteiger partial charge in [0.1, 0.15) is 0 Å². The van der Waals surface area contributed by atoms with Crippen LogP contribution >= 0.6 is 0 Å². The number of carbonyl (C=O) groups is 1. The molecule has 4 rings (SSSR count). The van der Waals surface area contributed by atoms with E-state index in [9.17, 15) is 13.6 Å². The summed E-state index contributed by atoms with van der Waals surface area (Å²) in [5.41, 5.74) is 2.59. The number of nitrogens with zero attached hydrogens (tertiary/aromatic N) is 2. The molecule has 1 amide bonds. The van der Waals surface area contributed by atoms with Crippen LogP contribution in [0.1, 0.15) is 34.9 Å². The SMILES string of the molecule is Cc1ccc(CNC(=O)CCc2nnc(CCc3c[nH]c4ccccc34)o2)c(F)c1F. The quantitative estimate of drug-likeness (QED) is 0.445. The highest BCUT2D eigenvalue weighted by Crippen LogP contribution is 2.19. The van der Waals surface area contributed by atoms with Crippen molar-refractivity contribution in [3.63, 3.8) is 0 Å².